The summed E-state index contributed by atoms with van der Waals surface area (Å²) in [6, 6.07) is 7.02. The summed E-state index contributed by atoms with van der Waals surface area (Å²) in [6.07, 6.45) is 0. The van der Waals surface area contributed by atoms with E-state index in [9.17, 15) is 4.79 Å². The minimum Gasteiger partial charge on any atom is -0.324 e. The van der Waals surface area contributed by atoms with Crippen LogP contribution in [0.5, 0.6) is 0 Å². The number of rotatable bonds is 2. The molecule has 1 heterocycles. The van der Waals surface area contributed by atoms with Crippen LogP contribution in [-0.2, 0) is 4.79 Å². The molecule has 2 N–H and O–H groups in total. The Morgan fingerprint density at radius 1 is 1.61 bits per heavy atom. The quantitative estimate of drug-likeness (QED) is 0.872. The number of nitriles is 1. The van der Waals surface area contributed by atoms with Crippen LogP contribution in [0.15, 0.2) is 22.7 Å². The Hall–Kier alpha value is -1.03. The van der Waals surface area contributed by atoms with Crippen molar-refractivity contribution in [2.75, 3.05) is 23.4 Å². The molecule has 0 saturated carbocycles. The molecule has 0 bridgehead atoms. The Balaban J connectivity index is 2.04. The molecule has 1 aromatic carbocycles. The van der Waals surface area contributed by atoms with Gasteiger partial charge in [-0.05, 0) is 34.1 Å². The standard InChI is InChI=1S/C12H12BrN3OS/c13-9-5-8(6-14)1-2-10(9)16-12(17)11-7-18-4-3-15-11/h1-2,5,11,15H,3-4,7H2,(H,16,17). The van der Waals surface area contributed by atoms with Crippen LogP contribution in [-0.4, -0.2) is 30.0 Å². The van der Waals surface area contributed by atoms with Crippen LogP contribution >= 0.6 is 27.7 Å². The normalized spacial score (nSPS) is 19.0. The number of hydrogen-bond donors (Lipinski definition) is 2. The molecule has 1 fully saturated rings. The highest BCUT2D eigenvalue weighted by atomic mass is 79.9. The summed E-state index contributed by atoms with van der Waals surface area (Å²) < 4.78 is 0.721. The summed E-state index contributed by atoms with van der Waals surface area (Å²) in [6.45, 7) is 0.858. The van der Waals surface area contributed by atoms with Gasteiger partial charge >= 0.3 is 0 Å². The third-order valence-electron chi connectivity index (χ3n) is 2.59. The van der Waals surface area contributed by atoms with Gasteiger partial charge in [-0.1, -0.05) is 0 Å². The van der Waals surface area contributed by atoms with E-state index in [4.69, 9.17) is 5.26 Å². The number of benzene rings is 1. The Bertz CT molecular complexity index is 495. The summed E-state index contributed by atoms with van der Waals surface area (Å²) in [5, 5.41) is 14.8. The molecule has 1 saturated heterocycles. The summed E-state index contributed by atoms with van der Waals surface area (Å²) >= 11 is 5.12. The second-order valence-corrected chi connectivity index (χ2v) is 5.88. The van der Waals surface area contributed by atoms with E-state index in [-0.39, 0.29) is 11.9 Å². The van der Waals surface area contributed by atoms with Crippen LogP contribution in [0.3, 0.4) is 0 Å². The van der Waals surface area contributed by atoms with Crippen molar-refractivity contribution in [1.82, 2.24) is 5.32 Å². The molecule has 1 amide bonds. The number of thioether (sulfide) groups is 1. The van der Waals surface area contributed by atoms with Crippen molar-refractivity contribution in [2.24, 2.45) is 0 Å². The lowest BCUT2D eigenvalue weighted by Gasteiger charge is -2.22. The summed E-state index contributed by atoms with van der Waals surface area (Å²) in [7, 11) is 0. The largest absolute Gasteiger partial charge is 0.324 e. The second-order valence-electron chi connectivity index (χ2n) is 3.88. The van der Waals surface area contributed by atoms with Crippen molar-refractivity contribution in [2.45, 2.75) is 6.04 Å². The van der Waals surface area contributed by atoms with Crippen LogP contribution in [0, 0.1) is 11.3 Å². The fourth-order valence-corrected chi connectivity index (χ4v) is 3.05. The first-order valence-electron chi connectivity index (χ1n) is 5.52. The van der Waals surface area contributed by atoms with Gasteiger partial charge in [0.15, 0.2) is 0 Å². The SMILES string of the molecule is N#Cc1ccc(NC(=O)C2CSCCN2)c(Br)c1. The molecule has 1 atom stereocenters. The average Bonchev–Trinajstić information content (AvgIpc) is 2.42. The van der Waals surface area contributed by atoms with Crippen LogP contribution < -0.4 is 10.6 Å². The molecule has 1 unspecified atom stereocenters. The maximum atomic E-state index is 12.0. The number of carbonyl (C=O) groups excluding carboxylic acids is 1. The molecule has 18 heavy (non-hydrogen) atoms. The smallest absolute Gasteiger partial charge is 0.242 e. The number of hydrogen-bond acceptors (Lipinski definition) is 4. The summed E-state index contributed by atoms with van der Waals surface area (Å²) in [5.74, 6) is 1.80. The third kappa shape index (κ3) is 3.25. The van der Waals surface area contributed by atoms with Crippen molar-refractivity contribution in [1.29, 1.82) is 5.26 Å². The molecule has 0 aromatic heterocycles. The molecule has 6 heteroatoms. The number of nitrogens with one attached hydrogen (secondary N) is 2. The molecule has 0 spiro atoms. The highest BCUT2D eigenvalue weighted by Crippen LogP contribution is 2.23. The van der Waals surface area contributed by atoms with E-state index in [1.807, 2.05) is 0 Å². The number of anilines is 1. The van der Waals surface area contributed by atoms with Crippen molar-refractivity contribution < 1.29 is 4.79 Å². The second kappa shape index (κ2) is 6.23. The van der Waals surface area contributed by atoms with Crippen molar-refractivity contribution >= 4 is 39.3 Å². The maximum Gasteiger partial charge on any atom is 0.242 e. The number of carbonyl (C=O) groups is 1. The Labute approximate surface area is 118 Å². The van der Waals surface area contributed by atoms with Gasteiger partial charge in [-0.2, -0.15) is 17.0 Å². The highest BCUT2D eigenvalue weighted by molar-refractivity contribution is 9.10. The zero-order valence-electron chi connectivity index (χ0n) is 9.57. The van der Waals surface area contributed by atoms with Gasteiger partial charge in [-0.3, -0.25) is 4.79 Å². The van der Waals surface area contributed by atoms with Gasteiger partial charge in [-0.25, -0.2) is 0 Å². The van der Waals surface area contributed by atoms with E-state index < -0.39 is 0 Å². The third-order valence-corrected chi connectivity index (χ3v) is 4.31. The van der Waals surface area contributed by atoms with Gasteiger partial charge in [0.2, 0.25) is 5.91 Å². The Morgan fingerprint density at radius 3 is 3.06 bits per heavy atom. The zero-order chi connectivity index (χ0) is 13.0. The summed E-state index contributed by atoms with van der Waals surface area (Å²) in [5.41, 5.74) is 1.25. The molecule has 94 valence electrons. The molecular formula is C12H12BrN3OS. The lowest BCUT2D eigenvalue weighted by molar-refractivity contribution is -0.117. The fourth-order valence-electron chi connectivity index (χ4n) is 1.64. The molecule has 4 nitrogen and oxygen atoms in total. The van der Waals surface area contributed by atoms with Gasteiger partial charge in [0.25, 0.3) is 0 Å². The molecule has 0 radical (unpaired) electrons. The van der Waals surface area contributed by atoms with Gasteiger partial charge in [0.05, 0.1) is 23.4 Å². The maximum absolute atomic E-state index is 12.0. The van der Waals surface area contributed by atoms with Crippen molar-refractivity contribution in [3.8, 4) is 6.07 Å². The number of halogens is 1. The number of nitrogens with zero attached hydrogens (tertiary/aromatic N) is 1. The monoisotopic (exact) mass is 325 g/mol. The fraction of sp³-hybridized carbons (Fsp3) is 0.333. The van der Waals surface area contributed by atoms with E-state index in [0.717, 1.165) is 22.5 Å². The van der Waals surface area contributed by atoms with Gasteiger partial charge in [0, 0.05) is 22.5 Å². The predicted molar refractivity (Wildman–Crippen MR) is 76.6 cm³/mol. The Morgan fingerprint density at radius 2 is 2.44 bits per heavy atom. The van der Waals surface area contributed by atoms with E-state index in [2.05, 4.69) is 32.6 Å². The van der Waals surface area contributed by atoms with E-state index in [1.54, 1.807) is 30.0 Å². The lowest BCUT2D eigenvalue weighted by atomic mass is 10.2. The van der Waals surface area contributed by atoms with Gasteiger partial charge in [0.1, 0.15) is 0 Å². The minimum atomic E-state index is -0.147. The van der Waals surface area contributed by atoms with Crippen LogP contribution in [0.1, 0.15) is 5.56 Å². The molecular weight excluding hydrogens is 314 g/mol. The van der Waals surface area contributed by atoms with E-state index >= 15 is 0 Å². The average molecular weight is 326 g/mol. The Kier molecular flexibility index (Phi) is 4.64. The molecule has 1 aromatic rings. The van der Waals surface area contributed by atoms with Crippen molar-refractivity contribution in [3.63, 3.8) is 0 Å². The predicted octanol–water partition coefficient (Wildman–Crippen LogP) is 1.96. The first-order chi connectivity index (χ1) is 8.70. The van der Waals surface area contributed by atoms with E-state index in [1.165, 1.54) is 0 Å². The zero-order valence-corrected chi connectivity index (χ0v) is 12.0. The molecule has 1 aliphatic rings. The van der Waals surface area contributed by atoms with Gasteiger partial charge in [-0.15, -0.1) is 0 Å². The highest BCUT2D eigenvalue weighted by Gasteiger charge is 2.21. The number of amides is 1. The summed E-state index contributed by atoms with van der Waals surface area (Å²) in [4.78, 5) is 12.0. The first-order valence-corrected chi connectivity index (χ1v) is 7.47. The molecule has 1 aliphatic heterocycles. The van der Waals surface area contributed by atoms with Crippen LogP contribution in [0.4, 0.5) is 5.69 Å². The van der Waals surface area contributed by atoms with Crippen LogP contribution in [0.2, 0.25) is 0 Å². The molecule has 0 aliphatic carbocycles. The first kappa shape index (κ1) is 13.4. The topological polar surface area (TPSA) is 64.9 Å². The lowest BCUT2D eigenvalue weighted by Crippen LogP contribution is -2.46. The minimum absolute atomic E-state index is 0.0346. The van der Waals surface area contributed by atoms with E-state index in [0.29, 0.717) is 11.3 Å². The molecule has 2 rings (SSSR count). The van der Waals surface area contributed by atoms with Crippen LogP contribution in [0.25, 0.3) is 0 Å². The van der Waals surface area contributed by atoms with Gasteiger partial charge < -0.3 is 10.6 Å². The van der Waals surface area contributed by atoms with Crippen molar-refractivity contribution in [3.05, 3.63) is 28.2 Å².